The first kappa shape index (κ1) is 13.6. The molecule has 2 aromatic rings. The number of nitrogens with zero attached hydrogens (tertiary/aromatic N) is 3. The van der Waals surface area contributed by atoms with E-state index in [2.05, 4.69) is 26.3 Å². The van der Waals surface area contributed by atoms with Crippen molar-refractivity contribution in [3.63, 3.8) is 0 Å². The van der Waals surface area contributed by atoms with Crippen molar-refractivity contribution < 1.29 is 4.79 Å². The molecule has 0 saturated heterocycles. The minimum absolute atomic E-state index is 0.132. The first-order valence-electron chi connectivity index (χ1n) is 5.27. The minimum atomic E-state index is -0.353. The van der Waals surface area contributed by atoms with Crippen molar-refractivity contribution in [2.45, 2.75) is 6.54 Å². The Labute approximate surface area is 122 Å². The third-order valence-electron chi connectivity index (χ3n) is 2.29. The van der Waals surface area contributed by atoms with Crippen molar-refractivity contribution in [2.24, 2.45) is 0 Å². The fourth-order valence-electron chi connectivity index (χ4n) is 1.44. The summed E-state index contributed by atoms with van der Waals surface area (Å²) in [6.07, 6.45) is 1.61. The highest BCUT2D eigenvalue weighted by Gasteiger charge is 2.12. The highest BCUT2D eigenvalue weighted by Crippen LogP contribution is 2.21. The van der Waals surface area contributed by atoms with Crippen LogP contribution in [-0.2, 0) is 6.54 Å². The van der Waals surface area contributed by atoms with Crippen LogP contribution in [0.2, 0.25) is 5.02 Å². The number of anilines is 1. The number of halogens is 2. The Morgan fingerprint density at radius 2 is 2.32 bits per heavy atom. The van der Waals surface area contributed by atoms with E-state index < -0.39 is 0 Å². The van der Waals surface area contributed by atoms with Crippen molar-refractivity contribution in [2.75, 3.05) is 5.32 Å². The van der Waals surface area contributed by atoms with E-state index in [0.29, 0.717) is 16.4 Å². The number of benzene rings is 1. The molecule has 1 N–H and O–H groups in total. The molecule has 1 heterocycles. The largest absolute Gasteiger partial charge is 0.305 e. The lowest BCUT2D eigenvalue weighted by atomic mass is 10.2. The Balaban J connectivity index is 2.16. The van der Waals surface area contributed by atoms with Gasteiger partial charge in [-0.3, -0.25) is 9.48 Å². The Kier molecular flexibility index (Phi) is 4.20. The molecule has 0 saturated carbocycles. The average molecular weight is 340 g/mol. The zero-order valence-corrected chi connectivity index (χ0v) is 11.9. The Hall–Kier alpha value is -1.84. The summed E-state index contributed by atoms with van der Waals surface area (Å²) in [5, 5.41) is 15.5. The molecule has 0 spiro atoms. The van der Waals surface area contributed by atoms with Crippen LogP contribution in [0.25, 0.3) is 0 Å². The highest BCUT2D eigenvalue weighted by molar-refractivity contribution is 9.10. The topological polar surface area (TPSA) is 70.7 Å². The fraction of sp³-hybridized carbons (Fsp3) is 0.0833. The van der Waals surface area contributed by atoms with Crippen LogP contribution in [0.4, 0.5) is 5.82 Å². The number of hydrogen-bond acceptors (Lipinski definition) is 3. The van der Waals surface area contributed by atoms with Gasteiger partial charge in [-0.05, 0) is 18.2 Å². The molecule has 0 unspecified atom stereocenters. The summed E-state index contributed by atoms with van der Waals surface area (Å²) < 4.78 is 2.19. The van der Waals surface area contributed by atoms with Crippen LogP contribution in [-0.4, -0.2) is 15.7 Å². The Bertz CT molecular complexity index is 662. The van der Waals surface area contributed by atoms with E-state index in [1.165, 1.54) is 4.68 Å². The highest BCUT2D eigenvalue weighted by atomic mass is 79.9. The predicted octanol–water partition coefficient (Wildman–Crippen LogP) is 3.07. The lowest BCUT2D eigenvalue weighted by molar-refractivity contribution is 0.102. The van der Waals surface area contributed by atoms with E-state index in [-0.39, 0.29) is 12.5 Å². The Morgan fingerprint density at radius 1 is 1.53 bits per heavy atom. The van der Waals surface area contributed by atoms with E-state index in [9.17, 15) is 4.79 Å². The second-order valence-corrected chi connectivity index (χ2v) is 4.96. The summed E-state index contributed by atoms with van der Waals surface area (Å²) in [7, 11) is 0. The quantitative estimate of drug-likeness (QED) is 0.934. The van der Waals surface area contributed by atoms with Gasteiger partial charge in [-0.1, -0.05) is 27.5 Å². The number of carbonyl (C=O) groups excluding carboxylic acids is 1. The molecular weight excluding hydrogens is 332 g/mol. The summed E-state index contributed by atoms with van der Waals surface area (Å²) in [5.74, 6) is 0.0183. The standard InChI is InChI=1S/C12H8BrClN4O/c13-8-1-2-10(14)9(7-8)12(19)16-11-3-5-18(17-11)6-4-15/h1-3,5,7H,6H2,(H,16,17,19). The molecule has 1 aromatic heterocycles. The summed E-state index contributed by atoms with van der Waals surface area (Å²) in [6, 6.07) is 8.59. The molecule has 0 aliphatic carbocycles. The fourth-order valence-corrected chi connectivity index (χ4v) is 2.01. The molecule has 1 amide bonds. The minimum Gasteiger partial charge on any atom is -0.305 e. The summed E-state index contributed by atoms with van der Waals surface area (Å²) >= 11 is 9.24. The molecule has 1 aromatic carbocycles. The zero-order chi connectivity index (χ0) is 13.8. The molecule has 7 heteroatoms. The number of hydrogen-bond donors (Lipinski definition) is 1. The summed E-state index contributed by atoms with van der Waals surface area (Å²) in [4.78, 5) is 12.0. The van der Waals surface area contributed by atoms with Crippen molar-refractivity contribution in [1.29, 1.82) is 5.26 Å². The van der Waals surface area contributed by atoms with Gasteiger partial charge in [0, 0.05) is 16.7 Å². The van der Waals surface area contributed by atoms with Gasteiger partial charge in [-0.25, -0.2) is 0 Å². The van der Waals surface area contributed by atoms with Crippen LogP contribution in [0.15, 0.2) is 34.9 Å². The lowest BCUT2D eigenvalue weighted by Gasteiger charge is -2.04. The van der Waals surface area contributed by atoms with Crippen LogP contribution in [0, 0.1) is 11.3 Å². The Morgan fingerprint density at radius 3 is 3.05 bits per heavy atom. The van der Waals surface area contributed by atoms with Gasteiger partial charge in [0.05, 0.1) is 16.7 Å². The van der Waals surface area contributed by atoms with Crippen LogP contribution >= 0.6 is 27.5 Å². The van der Waals surface area contributed by atoms with Crippen molar-refractivity contribution in [3.8, 4) is 6.07 Å². The molecule has 19 heavy (non-hydrogen) atoms. The van der Waals surface area contributed by atoms with Crippen molar-refractivity contribution >= 4 is 39.3 Å². The SMILES string of the molecule is N#CCn1ccc(NC(=O)c2cc(Br)ccc2Cl)n1. The van der Waals surface area contributed by atoms with E-state index in [1.54, 1.807) is 30.5 Å². The normalized spacial score (nSPS) is 9.95. The van der Waals surface area contributed by atoms with Gasteiger partial charge >= 0.3 is 0 Å². The number of aromatic nitrogens is 2. The number of carbonyl (C=O) groups is 1. The second-order valence-electron chi connectivity index (χ2n) is 3.63. The van der Waals surface area contributed by atoms with Gasteiger partial charge in [0.15, 0.2) is 5.82 Å². The van der Waals surface area contributed by atoms with Crippen LogP contribution in [0.3, 0.4) is 0 Å². The number of nitriles is 1. The maximum atomic E-state index is 12.0. The molecule has 0 radical (unpaired) electrons. The number of rotatable bonds is 3. The van der Waals surface area contributed by atoms with Gasteiger partial charge in [0.1, 0.15) is 6.54 Å². The molecule has 0 bridgehead atoms. The lowest BCUT2D eigenvalue weighted by Crippen LogP contribution is -2.13. The van der Waals surface area contributed by atoms with Gasteiger partial charge in [-0.2, -0.15) is 10.4 Å². The van der Waals surface area contributed by atoms with E-state index in [0.717, 1.165) is 4.47 Å². The maximum Gasteiger partial charge on any atom is 0.258 e. The van der Waals surface area contributed by atoms with Gasteiger partial charge < -0.3 is 5.32 Å². The number of amides is 1. The molecule has 5 nitrogen and oxygen atoms in total. The van der Waals surface area contributed by atoms with Gasteiger partial charge in [0.2, 0.25) is 0 Å². The van der Waals surface area contributed by atoms with Crippen molar-refractivity contribution in [3.05, 3.63) is 45.5 Å². The molecule has 2 rings (SSSR count). The smallest absolute Gasteiger partial charge is 0.258 e. The van der Waals surface area contributed by atoms with Crippen LogP contribution in [0.1, 0.15) is 10.4 Å². The van der Waals surface area contributed by atoms with Crippen LogP contribution < -0.4 is 5.32 Å². The van der Waals surface area contributed by atoms with Crippen LogP contribution in [0.5, 0.6) is 0 Å². The first-order valence-corrected chi connectivity index (χ1v) is 6.44. The summed E-state index contributed by atoms with van der Waals surface area (Å²) in [5.41, 5.74) is 0.353. The number of nitrogens with one attached hydrogen (secondary N) is 1. The van der Waals surface area contributed by atoms with E-state index in [1.807, 2.05) is 6.07 Å². The van der Waals surface area contributed by atoms with E-state index in [4.69, 9.17) is 16.9 Å². The monoisotopic (exact) mass is 338 g/mol. The van der Waals surface area contributed by atoms with Gasteiger partial charge in [-0.15, -0.1) is 0 Å². The van der Waals surface area contributed by atoms with Gasteiger partial charge in [0.25, 0.3) is 5.91 Å². The predicted molar refractivity (Wildman–Crippen MR) is 74.9 cm³/mol. The summed E-state index contributed by atoms with van der Waals surface area (Å²) in [6.45, 7) is 0.132. The third kappa shape index (κ3) is 3.34. The first-order chi connectivity index (χ1) is 9.10. The molecule has 0 aliphatic heterocycles. The van der Waals surface area contributed by atoms with E-state index >= 15 is 0 Å². The molecule has 0 aliphatic rings. The maximum absolute atomic E-state index is 12.0. The molecule has 0 atom stereocenters. The third-order valence-corrected chi connectivity index (χ3v) is 3.11. The molecule has 0 fully saturated rings. The van der Waals surface area contributed by atoms with Crippen molar-refractivity contribution in [1.82, 2.24) is 9.78 Å². The zero-order valence-electron chi connectivity index (χ0n) is 9.60. The average Bonchev–Trinajstić information content (AvgIpc) is 2.80. The second kappa shape index (κ2) is 5.87. The molecule has 96 valence electrons. The molecular formula is C12H8BrClN4O.